The molecule has 0 aliphatic rings. The second kappa shape index (κ2) is 8.31. The molecule has 4 nitrogen and oxygen atoms in total. The zero-order valence-electron chi connectivity index (χ0n) is 10.8. The van der Waals surface area contributed by atoms with E-state index in [2.05, 4.69) is 0 Å². The lowest BCUT2D eigenvalue weighted by Gasteiger charge is -2.24. The van der Waals surface area contributed by atoms with Gasteiger partial charge in [0.05, 0.1) is 13.2 Å². The number of carbonyl (C=O) groups is 1. The zero-order chi connectivity index (χ0) is 14.2. The van der Waals surface area contributed by atoms with Crippen LogP contribution in [0.3, 0.4) is 0 Å². The van der Waals surface area contributed by atoms with Gasteiger partial charge in [-0.15, -0.1) is 0 Å². The number of ether oxygens (including phenoxy) is 1. The average Bonchev–Trinajstić information content (AvgIpc) is 2.24. The maximum atomic E-state index is 12.3. The van der Waals surface area contributed by atoms with Crippen molar-refractivity contribution in [3.05, 3.63) is 0 Å². The number of nitrogens with zero attached hydrogens (tertiary/aromatic N) is 1. The SMILES string of the molecule is CCCN(CCC(N)C(=O)OCC)CC(F)(F)F. The monoisotopic (exact) mass is 270 g/mol. The van der Waals surface area contributed by atoms with E-state index in [9.17, 15) is 18.0 Å². The highest BCUT2D eigenvalue weighted by Crippen LogP contribution is 2.16. The van der Waals surface area contributed by atoms with E-state index < -0.39 is 24.7 Å². The van der Waals surface area contributed by atoms with Crippen molar-refractivity contribution in [3.63, 3.8) is 0 Å². The number of nitrogens with two attached hydrogens (primary N) is 1. The first-order valence-electron chi connectivity index (χ1n) is 6.01. The van der Waals surface area contributed by atoms with Crippen LogP contribution in [0.2, 0.25) is 0 Å². The number of esters is 1. The molecule has 0 bridgehead atoms. The Morgan fingerprint density at radius 2 is 1.94 bits per heavy atom. The van der Waals surface area contributed by atoms with Crippen LogP contribution in [0, 0.1) is 0 Å². The van der Waals surface area contributed by atoms with Crippen molar-refractivity contribution in [2.75, 3.05) is 26.2 Å². The standard InChI is InChI=1S/C11H21F3N2O2/c1-3-6-16(8-11(12,13)14)7-5-9(15)10(17)18-4-2/h9H,3-8,15H2,1-2H3. The molecule has 0 aromatic heterocycles. The first kappa shape index (κ1) is 17.2. The predicted octanol–water partition coefficient (Wildman–Crippen LogP) is 1.54. The Morgan fingerprint density at radius 3 is 2.39 bits per heavy atom. The third-order valence-corrected chi connectivity index (χ3v) is 2.29. The maximum absolute atomic E-state index is 12.3. The normalized spacial score (nSPS) is 13.7. The summed E-state index contributed by atoms with van der Waals surface area (Å²) in [5, 5.41) is 0. The van der Waals surface area contributed by atoms with Gasteiger partial charge in [-0.2, -0.15) is 13.2 Å². The van der Waals surface area contributed by atoms with Gasteiger partial charge in [0.1, 0.15) is 6.04 Å². The van der Waals surface area contributed by atoms with E-state index in [4.69, 9.17) is 10.5 Å². The molecule has 0 heterocycles. The molecule has 0 saturated carbocycles. The molecule has 0 fully saturated rings. The van der Waals surface area contributed by atoms with Gasteiger partial charge in [0.25, 0.3) is 0 Å². The number of carbonyl (C=O) groups excluding carboxylic acids is 1. The van der Waals surface area contributed by atoms with E-state index in [1.54, 1.807) is 13.8 Å². The summed E-state index contributed by atoms with van der Waals surface area (Å²) >= 11 is 0. The topological polar surface area (TPSA) is 55.6 Å². The van der Waals surface area contributed by atoms with Crippen molar-refractivity contribution in [3.8, 4) is 0 Å². The quantitative estimate of drug-likeness (QED) is 0.680. The van der Waals surface area contributed by atoms with Gasteiger partial charge in [-0.25, -0.2) is 0 Å². The van der Waals surface area contributed by atoms with Gasteiger partial charge in [0, 0.05) is 6.54 Å². The molecule has 2 N–H and O–H groups in total. The minimum absolute atomic E-state index is 0.132. The van der Waals surface area contributed by atoms with Crippen LogP contribution in [0.15, 0.2) is 0 Å². The highest BCUT2D eigenvalue weighted by atomic mass is 19.4. The van der Waals surface area contributed by atoms with Crippen LogP contribution in [0.4, 0.5) is 13.2 Å². The lowest BCUT2D eigenvalue weighted by molar-refractivity contribution is -0.147. The van der Waals surface area contributed by atoms with Gasteiger partial charge < -0.3 is 10.5 Å². The second-order valence-corrected chi connectivity index (χ2v) is 4.04. The molecule has 108 valence electrons. The summed E-state index contributed by atoms with van der Waals surface area (Å²) in [7, 11) is 0. The van der Waals surface area contributed by atoms with E-state index in [0.29, 0.717) is 13.0 Å². The van der Waals surface area contributed by atoms with Crippen molar-refractivity contribution in [2.24, 2.45) is 5.73 Å². The molecule has 0 aliphatic heterocycles. The lowest BCUT2D eigenvalue weighted by atomic mass is 10.2. The fourth-order valence-corrected chi connectivity index (χ4v) is 1.53. The van der Waals surface area contributed by atoms with Crippen LogP contribution in [-0.2, 0) is 9.53 Å². The summed E-state index contributed by atoms with van der Waals surface area (Å²) in [6.07, 6.45) is -3.46. The molecule has 0 aromatic carbocycles. The molecule has 0 amide bonds. The Balaban J connectivity index is 4.14. The van der Waals surface area contributed by atoms with E-state index in [1.807, 2.05) is 0 Å². The van der Waals surface area contributed by atoms with E-state index >= 15 is 0 Å². The molecule has 1 atom stereocenters. The van der Waals surface area contributed by atoms with Gasteiger partial charge >= 0.3 is 12.1 Å². The number of rotatable bonds is 8. The highest BCUT2D eigenvalue weighted by molar-refractivity contribution is 5.75. The molecule has 0 radical (unpaired) electrons. The Bertz CT molecular complexity index is 247. The van der Waals surface area contributed by atoms with Crippen molar-refractivity contribution in [1.82, 2.24) is 4.90 Å². The third-order valence-electron chi connectivity index (χ3n) is 2.29. The van der Waals surface area contributed by atoms with Crippen LogP contribution < -0.4 is 5.73 Å². The summed E-state index contributed by atoms with van der Waals surface area (Å²) < 4.78 is 41.5. The van der Waals surface area contributed by atoms with Crippen LogP contribution in [0.25, 0.3) is 0 Å². The first-order valence-corrected chi connectivity index (χ1v) is 6.01. The predicted molar refractivity (Wildman–Crippen MR) is 62.0 cm³/mol. The van der Waals surface area contributed by atoms with Gasteiger partial charge in [0.2, 0.25) is 0 Å². The van der Waals surface area contributed by atoms with Crippen molar-refractivity contribution in [1.29, 1.82) is 0 Å². The fraction of sp³-hybridized carbons (Fsp3) is 0.909. The number of hydrogen-bond donors (Lipinski definition) is 1. The average molecular weight is 270 g/mol. The van der Waals surface area contributed by atoms with Gasteiger partial charge in [-0.05, 0) is 26.3 Å². The van der Waals surface area contributed by atoms with E-state index in [1.165, 1.54) is 4.90 Å². The van der Waals surface area contributed by atoms with Gasteiger partial charge in [-0.3, -0.25) is 9.69 Å². The van der Waals surface area contributed by atoms with Crippen LogP contribution in [0.5, 0.6) is 0 Å². The largest absolute Gasteiger partial charge is 0.465 e. The first-order chi connectivity index (χ1) is 8.30. The molecule has 0 aromatic rings. The summed E-state index contributed by atoms with van der Waals surface area (Å²) in [5.74, 6) is -0.569. The van der Waals surface area contributed by atoms with Crippen LogP contribution in [0.1, 0.15) is 26.7 Å². The minimum atomic E-state index is -4.23. The van der Waals surface area contributed by atoms with Crippen molar-refractivity contribution in [2.45, 2.75) is 38.9 Å². The summed E-state index contributed by atoms with van der Waals surface area (Å²) in [6, 6.07) is -0.863. The second-order valence-electron chi connectivity index (χ2n) is 4.04. The molecule has 0 rings (SSSR count). The Morgan fingerprint density at radius 1 is 1.33 bits per heavy atom. The van der Waals surface area contributed by atoms with Crippen LogP contribution >= 0.6 is 0 Å². The summed E-state index contributed by atoms with van der Waals surface area (Å²) in [4.78, 5) is 12.5. The summed E-state index contributed by atoms with van der Waals surface area (Å²) in [6.45, 7) is 3.15. The fourth-order valence-electron chi connectivity index (χ4n) is 1.53. The molecular formula is C11H21F3N2O2. The van der Waals surface area contributed by atoms with Gasteiger partial charge in [-0.1, -0.05) is 6.92 Å². The number of hydrogen-bond acceptors (Lipinski definition) is 4. The molecule has 1 unspecified atom stereocenters. The third kappa shape index (κ3) is 8.30. The Labute approximate surface area is 105 Å². The highest BCUT2D eigenvalue weighted by Gasteiger charge is 2.30. The molecule has 0 spiro atoms. The Hall–Kier alpha value is -0.820. The molecular weight excluding hydrogens is 249 g/mol. The van der Waals surface area contributed by atoms with E-state index in [-0.39, 0.29) is 19.6 Å². The molecule has 7 heteroatoms. The number of alkyl halides is 3. The van der Waals surface area contributed by atoms with E-state index in [0.717, 1.165) is 0 Å². The molecule has 0 saturated heterocycles. The van der Waals surface area contributed by atoms with Crippen molar-refractivity contribution < 1.29 is 22.7 Å². The zero-order valence-corrected chi connectivity index (χ0v) is 10.8. The Kier molecular flexibility index (Phi) is 7.93. The minimum Gasteiger partial charge on any atom is -0.465 e. The van der Waals surface area contributed by atoms with Gasteiger partial charge in [0.15, 0.2) is 0 Å². The van der Waals surface area contributed by atoms with Crippen LogP contribution in [-0.4, -0.2) is 49.3 Å². The summed E-state index contributed by atoms with van der Waals surface area (Å²) in [5.41, 5.74) is 5.53. The molecule has 18 heavy (non-hydrogen) atoms. The lowest BCUT2D eigenvalue weighted by Crippen LogP contribution is -2.40. The maximum Gasteiger partial charge on any atom is 0.401 e. The smallest absolute Gasteiger partial charge is 0.401 e. The van der Waals surface area contributed by atoms with Crippen molar-refractivity contribution >= 4 is 5.97 Å². The number of halogens is 3. The molecule has 0 aliphatic carbocycles.